The van der Waals surface area contributed by atoms with Crippen molar-refractivity contribution < 1.29 is 22.4 Å². The van der Waals surface area contributed by atoms with Gasteiger partial charge < -0.3 is 9.73 Å². The Morgan fingerprint density at radius 2 is 2.00 bits per heavy atom. The molecule has 3 aromatic heterocycles. The first-order chi connectivity index (χ1) is 15.6. The predicted molar refractivity (Wildman–Crippen MR) is 115 cm³/mol. The van der Waals surface area contributed by atoms with Crippen molar-refractivity contribution in [2.45, 2.75) is 39.8 Å². The number of carbonyl (C=O) groups is 1. The third-order valence-electron chi connectivity index (χ3n) is 5.50. The van der Waals surface area contributed by atoms with E-state index in [4.69, 9.17) is 4.42 Å². The largest absolute Gasteiger partial charge is 0.458 e. The standard InChI is InChI=1S/C22H25F3N6O2/c1-13-9-14(2)31(29-13)19-10-18(27-21(28-19)17-7-6-15(3)33-17)26-20(32)12-30-8-4-5-16(11-30)22(23,24)25/h6-7,9-10,16H,4-5,8,11-12H2,1-3H3,(H,26,27,28,32). The molecule has 1 saturated heterocycles. The molecule has 11 heteroatoms. The van der Waals surface area contributed by atoms with E-state index in [9.17, 15) is 18.0 Å². The molecule has 1 aliphatic rings. The fraction of sp³-hybridized carbons (Fsp3) is 0.455. The molecule has 176 valence electrons. The number of nitrogens with one attached hydrogen (secondary N) is 1. The van der Waals surface area contributed by atoms with Crippen LogP contribution in [0.4, 0.5) is 19.0 Å². The summed E-state index contributed by atoms with van der Waals surface area (Å²) in [6, 6.07) is 6.97. The second-order valence-electron chi connectivity index (χ2n) is 8.35. The fourth-order valence-corrected chi connectivity index (χ4v) is 3.98. The normalized spacial score (nSPS) is 17.3. The van der Waals surface area contributed by atoms with E-state index in [-0.39, 0.29) is 31.2 Å². The monoisotopic (exact) mass is 462 g/mol. The molecule has 0 aliphatic carbocycles. The number of alkyl halides is 3. The Morgan fingerprint density at radius 3 is 2.64 bits per heavy atom. The summed E-state index contributed by atoms with van der Waals surface area (Å²) < 4.78 is 46.5. The molecule has 0 spiro atoms. The van der Waals surface area contributed by atoms with Crippen LogP contribution in [0, 0.1) is 26.7 Å². The highest BCUT2D eigenvalue weighted by atomic mass is 19.4. The first-order valence-corrected chi connectivity index (χ1v) is 10.7. The maximum atomic E-state index is 13.1. The second kappa shape index (κ2) is 8.97. The van der Waals surface area contributed by atoms with Crippen LogP contribution < -0.4 is 5.32 Å². The van der Waals surface area contributed by atoms with E-state index in [1.165, 1.54) is 4.90 Å². The summed E-state index contributed by atoms with van der Waals surface area (Å²) in [6.45, 7) is 5.64. The van der Waals surface area contributed by atoms with Crippen LogP contribution in [0.3, 0.4) is 0 Å². The molecule has 33 heavy (non-hydrogen) atoms. The number of carbonyl (C=O) groups excluding carboxylic acids is 1. The van der Waals surface area contributed by atoms with E-state index >= 15 is 0 Å². The molecule has 1 amide bonds. The number of likely N-dealkylation sites (tertiary alicyclic amines) is 1. The number of aromatic nitrogens is 4. The van der Waals surface area contributed by atoms with Gasteiger partial charge in [-0.15, -0.1) is 0 Å². The molecule has 4 rings (SSSR count). The number of furan rings is 1. The summed E-state index contributed by atoms with van der Waals surface area (Å²) in [5.74, 6) is 0.159. The van der Waals surface area contributed by atoms with Gasteiger partial charge in [-0.2, -0.15) is 18.3 Å². The van der Waals surface area contributed by atoms with E-state index in [0.717, 1.165) is 11.4 Å². The Morgan fingerprint density at radius 1 is 1.21 bits per heavy atom. The highest BCUT2D eigenvalue weighted by Gasteiger charge is 2.41. The van der Waals surface area contributed by atoms with Crippen molar-refractivity contribution in [3.63, 3.8) is 0 Å². The van der Waals surface area contributed by atoms with Gasteiger partial charge in [-0.25, -0.2) is 14.6 Å². The maximum Gasteiger partial charge on any atom is 0.393 e. The molecule has 1 unspecified atom stereocenters. The number of nitrogens with zero attached hydrogens (tertiary/aromatic N) is 5. The number of aryl methyl sites for hydroxylation is 3. The quantitative estimate of drug-likeness (QED) is 0.615. The molecule has 1 fully saturated rings. The molecule has 0 radical (unpaired) electrons. The molecule has 4 heterocycles. The van der Waals surface area contributed by atoms with Gasteiger partial charge in [0.15, 0.2) is 17.4 Å². The Bertz CT molecular complexity index is 1150. The van der Waals surface area contributed by atoms with Crippen molar-refractivity contribution in [2.24, 2.45) is 5.92 Å². The molecule has 0 bridgehead atoms. The van der Waals surface area contributed by atoms with Crippen LogP contribution in [0.15, 0.2) is 28.7 Å². The zero-order valence-corrected chi connectivity index (χ0v) is 18.6. The summed E-state index contributed by atoms with van der Waals surface area (Å²) >= 11 is 0. The topological polar surface area (TPSA) is 89.1 Å². The zero-order chi connectivity index (χ0) is 23.8. The van der Waals surface area contributed by atoms with Gasteiger partial charge in [-0.05, 0) is 58.4 Å². The van der Waals surface area contributed by atoms with E-state index in [1.54, 1.807) is 29.8 Å². The van der Waals surface area contributed by atoms with Gasteiger partial charge >= 0.3 is 6.18 Å². The number of hydrogen-bond acceptors (Lipinski definition) is 6. The van der Waals surface area contributed by atoms with Gasteiger partial charge in [-0.3, -0.25) is 9.69 Å². The average Bonchev–Trinajstić information content (AvgIpc) is 3.32. The highest BCUT2D eigenvalue weighted by Crippen LogP contribution is 2.33. The summed E-state index contributed by atoms with van der Waals surface area (Å²) in [6.07, 6.45) is -3.77. The van der Waals surface area contributed by atoms with Gasteiger partial charge in [-0.1, -0.05) is 0 Å². The third-order valence-corrected chi connectivity index (χ3v) is 5.50. The van der Waals surface area contributed by atoms with Gasteiger partial charge in [0.05, 0.1) is 18.2 Å². The number of amides is 1. The van der Waals surface area contributed by atoms with Crippen molar-refractivity contribution in [3.8, 4) is 17.4 Å². The van der Waals surface area contributed by atoms with Crippen LogP contribution in [0.25, 0.3) is 17.4 Å². The van der Waals surface area contributed by atoms with Crippen molar-refractivity contribution in [1.82, 2.24) is 24.6 Å². The van der Waals surface area contributed by atoms with E-state index < -0.39 is 18.0 Å². The van der Waals surface area contributed by atoms with Gasteiger partial charge in [0.1, 0.15) is 11.6 Å². The van der Waals surface area contributed by atoms with Crippen LogP contribution >= 0.6 is 0 Å². The molecular weight excluding hydrogens is 437 g/mol. The molecule has 1 atom stereocenters. The van der Waals surface area contributed by atoms with Crippen LogP contribution in [0.1, 0.15) is 30.0 Å². The first-order valence-electron chi connectivity index (χ1n) is 10.7. The molecular formula is C22H25F3N6O2. The van der Waals surface area contributed by atoms with Crippen LogP contribution in [0.2, 0.25) is 0 Å². The average molecular weight is 462 g/mol. The molecule has 0 aromatic carbocycles. The minimum Gasteiger partial charge on any atom is -0.458 e. The minimum absolute atomic E-state index is 0.0887. The molecule has 0 saturated carbocycles. The lowest BCUT2D eigenvalue weighted by Crippen LogP contribution is -2.44. The maximum absolute atomic E-state index is 13.1. The van der Waals surface area contributed by atoms with E-state index in [0.29, 0.717) is 30.3 Å². The number of anilines is 1. The van der Waals surface area contributed by atoms with Crippen LogP contribution in [-0.2, 0) is 4.79 Å². The summed E-state index contributed by atoms with van der Waals surface area (Å²) in [5, 5.41) is 7.13. The Labute approximate surface area is 188 Å². The smallest absolute Gasteiger partial charge is 0.393 e. The molecule has 8 nitrogen and oxygen atoms in total. The molecule has 3 aromatic rings. The summed E-state index contributed by atoms with van der Waals surface area (Å²) in [4.78, 5) is 23.1. The first kappa shape index (κ1) is 23.0. The third kappa shape index (κ3) is 5.41. The zero-order valence-electron chi connectivity index (χ0n) is 18.6. The lowest BCUT2D eigenvalue weighted by molar-refractivity contribution is -0.186. The second-order valence-corrected chi connectivity index (χ2v) is 8.35. The molecule has 1 aliphatic heterocycles. The van der Waals surface area contributed by atoms with Crippen LogP contribution in [-0.4, -0.2) is 56.4 Å². The van der Waals surface area contributed by atoms with Crippen molar-refractivity contribution >= 4 is 11.7 Å². The van der Waals surface area contributed by atoms with Crippen LogP contribution in [0.5, 0.6) is 0 Å². The van der Waals surface area contributed by atoms with Crippen molar-refractivity contribution in [2.75, 3.05) is 25.0 Å². The van der Waals surface area contributed by atoms with Crippen molar-refractivity contribution in [3.05, 3.63) is 41.4 Å². The number of piperidine rings is 1. The van der Waals surface area contributed by atoms with E-state index in [1.807, 2.05) is 19.9 Å². The Balaban J connectivity index is 1.57. The number of rotatable bonds is 5. The van der Waals surface area contributed by atoms with E-state index in [2.05, 4.69) is 20.4 Å². The lowest BCUT2D eigenvalue weighted by atomic mass is 9.97. The summed E-state index contributed by atoms with van der Waals surface area (Å²) in [5.41, 5.74) is 1.65. The summed E-state index contributed by atoms with van der Waals surface area (Å²) in [7, 11) is 0. The molecule has 1 N–H and O–H groups in total. The van der Waals surface area contributed by atoms with Gasteiger partial charge in [0.25, 0.3) is 0 Å². The van der Waals surface area contributed by atoms with Crippen molar-refractivity contribution in [1.29, 1.82) is 0 Å². The Hall–Kier alpha value is -3.21. The predicted octanol–water partition coefficient (Wildman–Crippen LogP) is 4.06. The number of halogens is 3. The fourth-order valence-electron chi connectivity index (χ4n) is 3.98. The van der Waals surface area contributed by atoms with Gasteiger partial charge in [0, 0.05) is 18.3 Å². The SMILES string of the molecule is Cc1cc(C)n(-c2cc(NC(=O)CN3CCCC(C(F)(F)F)C3)nc(-c3ccc(C)o3)n2)n1. The minimum atomic E-state index is -4.26. The lowest BCUT2D eigenvalue weighted by Gasteiger charge is -2.33. The van der Waals surface area contributed by atoms with Gasteiger partial charge in [0.2, 0.25) is 5.91 Å². The Kier molecular flexibility index (Phi) is 6.24. The number of hydrogen-bond donors (Lipinski definition) is 1. The highest BCUT2D eigenvalue weighted by molar-refractivity contribution is 5.91.